The molecule has 0 radical (unpaired) electrons. The Morgan fingerprint density at radius 2 is 1.87 bits per heavy atom. The lowest BCUT2D eigenvalue weighted by atomic mass is 10.0. The lowest BCUT2D eigenvalue weighted by Crippen LogP contribution is -2.25. The molecule has 0 unspecified atom stereocenters. The third-order valence-electron chi connectivity index (χ3n) is 5.99. The van der Waals surface area contributed by atoms with Crippen LogP contribution >= 0.6 is 0 Å². The zero-order valence-electron chi connectivity index (χ0n) is 18.3. The third kappa shape index (κ3) is 5.06. The Balaban J connectivity index is 1.65. The number of nitriles is 1. The molecular formula is C27H29N3O. The standard InChI is InChI=1S/C27H29N3O/c1-19-3-12-25(20(2)17-19)26-13-10-24(11-14-27(31)29-18-22-4-5-22)30(26)23-8-6-21(7-9-23)15-16-28/h3,6-10,12-13,17,22H,4-5,11,14-15,18H2,1-2H3,(H,29,31). The maximum absolute atomic E-state index is 12.3. The first-order chi connectivity index (χ1) is 15.0. The van der Waals surface area contributed by atoms with E-state index >= 15 is 0 Å². The molecule has 0 aliphatic heterocycles. The summed E-state index contributed by atoms with van der Waals surface area (Å²) < 4.78 is 2.25. The van der Waals surface area contributed by atoms with Crippen LogP contribution in [0.2, 0.25) is 0 Å². The molecule has 1 heterocycles. The number of hydrogen-bond acceptors (Lipinski definition) is 2. The van der Waals surface area contributed by atoms with Gasteiger partial charge in [0.2, 0.25) is 5.91 Å². The van der Waals surface area contributed by atoms with E-state index in [9.17, 15) is 4.79 Å². The van der Waals surface area contributed by atoms with E-state index < -0.39 is 0 Å². The van der Waals surface area contributed by atoms with Gasteiger partial charge in [0.25, 0.3) is 0 Å². The summed E-state index contributed by atoms with van der Waals surface area (Å²) in [4.78, 5) is 12.3. The summed E-state index contributed by atoms with van der Waals surface area (Å²) in [6.07, 6.45) is 4.05. The highest BCUT2D eigenvalue weighted by atomic mass is 16.1. The predicted octanol–water partition coefficient (Wildman–Crippen LogP) is 5.29. The van der Waals surface area contributed by atoms with Crippen molar-refractivity contribution in [2.45, 2.75) is 46.0 Å². The van der Waals surface area contributed by atoms with Gasteiger partial charge < -0.3 is 9.88 Å². The number of hydrogen-bond donors (Lipinski definition) is 1. The lowest BCUT2D eigenvalue weighted by Gasteiger charge is -2.16. The molecule has 3 aromatic rings. The second-order valence-corrected chi connectivity index (χ2v) is 8.61. The Morgan fingerprint density at radius 3 is 2.55 bits per heavy atom. The summed E-state index contributed by atoms with van der Waals surface area (Å²) in [5.74, 6) is 0.813. The molecule has 1 N–H and O–H groups in total. The zero-order chi connectivity index (χ0) is 21.8. The van der Waals surface area contributed by atoms with Gasteiger partial charge in [-0.15, -0.1) is 0 Å². The van der Waals surface area contributed by atoms with Crippen molar-refractivity contribution >= 4 is 5.91 Å². The van der Waals surface area contributed by atoms with Gasteiger partial charge in [-0.25, -0.2) is 0 Å². The molecule has 0 spiro atoms. The second kappa shape index (κ2) is 9.22. The van der Waals surface area contributed by atoms with Gasteiger partial charge in [-0.1, -0.05) is 35.9 Å². The van der Waals surface area contributed by atoms with Crippen molar-refractivity contribution in [3.8, 4) is 23.0 Å². The van der Waals surface area contributed by atoms with E-state index in [-0.39, 0.29) is 5.91 Å². The quantitative estimate of drug-likeness (QED) is 0.548. The number of carbonyl (C=O) groups excluding carboxylic acids is 1. The summed E-state index contributed by atoms with van der Waals surface area (Å²) in [5, 5.41) is 12.0. The average Bonchev–Trinajstić information content (AvgIpc) is 3.50. The van der Waals surface area contributed by atoms with Crippen LogP contribution in [0, 0.1) is 31.1 Å². The molecule has 0 saturated heterocycles. The largest absolute Gasteiger partial charge is 0.356 e. The Hall–Kier alpha value is -3.32. The van der Waals surface area contributed by atoms with E-state index in [1.165, 1.54) is 29.5 Å². The van der Waals surface area contributed by atoms with Gasteiger partial charge in [0.1, 0.15) is 0 Å². The SMILES string of the molecule is Cc1ccc(-c2ccc(CCC(=O)NCC3CC3)n2-c2ccc(CC#N)cc2)c(C)c1. The van der Waals surface area contributed by atoms with Crippen LogP contribution in [0.1, 0.15) is 41.6 Å². The van der Waals surface area contributed by atoms with E-state index in [1.807, 2.05) is 12.1 Å². The van der Waals surface area contributed by atoms with Gasteiger partial charge in [0.05, 0.1) is 18.2 Å². The molecule has 4 heteroatoms. The van der Waals surface area contributed by atoms with Crippen molar-refractivity contribution < 1.29 is 4.79 Å². The van der Waals surface area contributed by atoms with Crippen molar-refractivity contribution in [3.05, 3.63) is 77.0 Å². The second-order valence-electron chi connectivity index (χ2n) is 8.61. The Bertz CT molecular complexity index is 1110. The third-order valence-corrected chi connectivity index (χ3v) is 5.99. The van der Waals surface area contributed by atoms with Crippen molar-refractivity contribution in [1.82, 2.24) is 9.88 Å². The zero-order valence-corrected chi connectivity index (χ0v) is 18.3. The maximum atomic E-state index is 12.3. The molecule has 1 aliphatic carbocycles. The van der Waals surface area contributed by atoms with Crippen molar-refractivity contribution in [2.24, 2.45) is 5.92 Å². The van der Waals surface area contributed by atoms with E-state index in [2.05, 4.69) is 72.3 Å². The van der Waals surface area contributed by atoms with Gasteiger partial charge in [0, 0.05) is 29.9 Å². The summed E-state index contributed by atoms with van der Waals surface area (Å²) >= 11 is 0. The summed E-state index contributed by atoms with van der Waals surface area (Å²) in [5.41, 5.74) is 7.96. The van der Waals surface area contributed by atoms with E-state index in [0.717, 1.165) is 29.2 Å². The Kier molecular flexibility index (Phi) is 6.23. The number of nitrogens with one attached hydrogen (secondary N) is 1. The Morgan fingerprint density at radius 1 is 1.10 bits per heavy atom. The van der Waals surface area contributed by atoms with Gasteiger partial charge >= 0.3 is 0 Å². The fourth-order valence-corrected chi connectivity index (χ4v) is 4.05. The molecule has 1 aromatic heterocycles. The summed E-state index contributed by atoms with van der Waals surface area (Å²) in [6, 6.07) is 21.2. The maximum Gasteiger partial charge on any atom is 0.220 e. The molecule has 1 saturated carbocycles. The first kappa shape index (κ1) is 20.9. The van der Waals surface area contributed by atoms with Crippen LogP contribution in [0.5, 0.6) is 0 Å². The molecule has 4 rings (SSSR count). The monoisotopic (exact) mass is 411 g/mol. The number of amides is 1. The molecule has 158 valence electrons. The number of rotatable bonds is 8. The summed E-state index contributed by atoms with van der Waals surface area (Å²) in [7, 11) is 0. The topological polar surface area (TPSA) is 57.8 Å². The number of aryl methyl sites for hydroxylation is 3. The minimum Gasteiger partial charge on any atom is -0.356 e. The van der Waals surface area contributed by atoms with Crippen LogP contribution in [0.15, 0.2) is 54.6 Å². The van der Waals surface area contributed by atoms with Crippen molar-refractivity contribution in [2.75, 3.05) is 6.54 Å². The van der Waals surface area contributed by atoms with E-state index in [1.54, 1.807) is 0 Å². The highest BCUT2D eigenvalue weighted by Gasteiger charge is 2.21. The molecule has 0 atom stereocenters. The highest BCUT2D eigenvalue weighted by Crippen LogP contribution is 2.31. The molecule has 0 bridgehead atoms. The number of aromatic nitrogens is 1. The number of benzene rings is 2. The first-order valence-electron chi connectivity index (χ1n) is 11.1. The summed E-state index contributed by atoms with van der Waals surface area (Å²) in [6.45, 7) is 5.06. The highest BCUT2D eigenvalue weighted by molar-refractivity contribution is 5.76. The molecule has 1 aliphatic rings. The van der Waals surface area contributed by atoms with Crippen LogP contribution in [0.3, 0.4) is 0 Å². The van der Waals surface area contributed by atoms with Crippen LogP contribution in [-0.4, -0.2) is 17.0 Å². The van der Waals surface area contributed by atoms with E-state index in [4.69, 9.17) is 5.26 Å². The fourth-order valence-electron chi connectivity index (χ4n) is 4.05. The smallest absolute Gasteiger partial charge is 0.220 e. The fraction of sp³-hybridized carbons (Fsp3) is 0.333. The molecule has 1 amide bonds. The van der Waals surface area contributed by atoms with Gasteiger partial charge in [-0.3, -0.25) is 4.79 Å². The molecule has 4 nitrogen and oxygen atoms in total. The normalized spacial score (nSPS) is 13.1. The minimum absolute atomic E-state index is 0.122. The van der Waals surface area contributed by atoms with Crippen molar-refractivity contribution in [1.29, 1.82) is 5.26 Å². The molecular weight excluding hydrogens is 382 g/mol. The molecule has 31 heavy (non-hydrogen) atoms. The van der Waals surface area contributed by atoms with Gasteiger partial charge in [-0.05, 0) is 74.4 Å². The van der Waals surface area contributed by atoms with Crippen LogP contribution < -0.4 is 5.32 Å². The number of carbonyl (C=O) groups is 1. The predicted molar refractivity (Wildman–Crippen MR) is 124 cm³/mol. The average molecular weight is 412 g/mol. The Labute approximate surface area is 184 Å². The van der Waals surface area contributed by atoms with Gasteiger partial charge in [0.15, 0.2) is 0 Å². The molecule has 1 fully saturated rings. The minimum atomic E-state index is 0.122. The van der Waals surface area contributed by atoms with E-state index in [0.29, 0.717) is 25.2 Å². The molecule has 2 aromatic carbocycles. The number of nitrogens with zero attached hydrogens (tertiary/aromatic N) is 2. The lowest BCUT2D eigenvalue weighted by molar-refractivity contribution is -0.121. The van der Waals surface area contributed by atoms with Crippen LogP contribution in [-0.2, 0) is 17.6 Å². The van der Waals surface area contributed by atoms with Crippen LogP contribution in [0.25, 0.3) is 16.9 Å². The van der Waals surface area contributed by atoms with Crippen molar-refractivity contribution in [3.63, 3.8) is 0 Å². The van der Waals surface area contributed by atoms with Crippen LogP contribution in [0.4, 0.5) is 0 Å². The first-order valence-corrected chi connectivity index (χ1v) is 11.1. The van der Waals surface area contributed by atoms with Gasteiger partial charge in [-0.2, -0.15) is 5.26 Å².